The Bertz CT molecular complexity index is 359. The number of hydrogen-bond acceptors (Lipinski definition) is 2. The molecular formula is C13H19NO2. The first-order chi connectivity index (χ1) is 7.49. The molecule has 1 aromatic rings. The van der Waals surface area contributed by atoms with Gasteiger partial charge in [0.25, 0.3) is 5.91 Å². The summed E-state index contributed by atoms with van der Waals surface area (Å²) in [5, 5.41) is 2.85. The molecule has 0 saturated heterocycles. The summed E-state index contributed by atoms with van der Waals surface area (Å²) in [6, 6.07) is 7.36. The Balaban J connectivity index is 2.77. The molecular weight excluding hydrogens is 202 g/mol. The lowest BCUT2D eigenvalue weighted by atomic mass is 10.2. The van der Waals surface area contributed by atoms with Gasteiger partial charge in [-0.2, -0.15) is 0 Å². The van der Waals surface area contributed by atoms with E-state index in [-0.39, 0.29) is 18.1 Å². The number of nitrogens with one attached hydrogen (secondary N) is 1. The van der Waals surface area contributed by atoms with E-state index in [0.717, 1.165) is 5.75 Å². The molecule has 1 N–H and O–H groups in total. The maximum atomic E-state index is 11.7. The molecule has 1 amide bonds. The van der Waals surface area contributed by atoms with Crippen molar-refractivity contribution in [3.05, 3.63) is 29.8 Å². The van der Waals surface area contributed by atoms with Crippen molar-refractivity contribution in [1.82, 2.24) is 5.32 Å². The summed E-state index contributed by atoms with van der Waals surface area (Å²) in [5.41, 5.74) is 0.631. The van der Waals surface area contributed by atoms with Crippen LogP contribution in [-0.2, 0) is 0 Å². The first-order valence-corrected chi connectivity index (χ1v) is 5.56. The summed E-state index contributed by atoms with van der Waals surface area (Å²) in [6.07, 6.45) is 0.114. The van der Waals surface area contributed by atoms with Crippen LogP contribution in [0.3, 0.4) is 0 Å². The van der Waals surface area contributed by atoms with Crippen LogP contribution < -0.4 is 10.1 Å². The smallest absolute Gasteiger partial charge is 0.251 e. The molecule has 16 heavy (non-hydrogen) atoms. The molecule has 1 aromatic carbocycles. The summed E-state index contributed by atoms with van der Waals surface area (Å²) in [6.45, 7) is 7.79. The summed E-state index contributed by atoms with van der Waals surface area (Å²) < 4.78 is 5.53. The standard InChI is InChI=1S/C13H19NO2/c1-9(2)14-13(15)11-6-5-7-12(8-11)16-10(3)4/h5-10H,1-4H3,(H,14,15). The average Bonchev–Trinajstić information content (AvgIpc) is 2.16. The van der Waals surface area contributed by atoms with Crippen LogP contribution in [0.15, 0.2) is 24.3 Å². The molecule has 0 bridgehead atoms. The molecule has 0 aliphatic rings. The fourth-order valence-corrected chi connectivity index (χ4v) is 1.33. The van der Waals surface area contributed by atoms with Crippen LogP contribution in [0.1, 0.15) is 38.1 Å². The number of carbonyl (C=O) groups excluding carboxylic acids is 1. The minimum absolute atomic E-state index is 0.0655. The van der Waals surface area contributed by atoms with Gasteiger partial charge in [-0.1, -0.05) is 6.07 Å². The van der Waals surface area contributed by atoms with Crippen LogP contribution in [0.25, 0.3) is 0 Å². The zero-order valence-corrected chi connectivity index (χ0v) is 10.3. The summed E-state index contributed by atoms with van der Waals surface area (Å²) in [4.78, 5) is 11.7. The third-order valence-corrected chi connectivity index (χ3v) is 1.89. The first kappa shape index (κ1) is 12.6. The van der Waals surface area contributed by atoms with E-state index in [0.29, 0.717) is 5.56 Å². The van der Waals surface area contributed by atoms with Crippen molar-refractivity contribution in [2.75, 3.05) is 0 Å². The van der Waals surface area contributed by atoms with E-state index >= 15 is 0 Å². The molecule has 0 fully saturated rings. The highest BCUT2D eigenvalue weighted by Crippen LogP contribution is 2.14. The minimum atomic E-state index is -0.0655. The maximum absolute atomic E-state index is 11.7. The van der Waals surface area contributed by atoms with Crippen molar-refractivity contribution in [3.63, 3.8) is 0 Å². The SMILES string of the molecule is CC(C)NC(=O)c1cccc(OC(C)C)c1. The minimum Gasteiger partial charge on any atom is -0.491 e. The summed E-state index contributed by atoms with van der Waals surface area (Å²) >= 11 is 0. The van der Waals surface area contributed by atoms with E-state index in [2.05, 4.69) is 5.32 Å². The predicted octanol–water partition coefficient (Wildman–Crippen LogP) is 2.61. The third-order valence-electron chi connectivity index (χ3n) is 1.89. The van der Waals surface area contributed by atoms with Gasteiger partial charge in [-0.15, -0.1) is 0 Å². The van der Waals surface area contributed by atoms with Crippen LogP contribution in [0.5, 0.6) is 5.75 Å². The normalized spacial score (nSPS) is 10.6. The van der Waals surface area contributed by atoms with Gasteiger partial charge in [0.2, 0.25) is 0 Å². The molecule has 0 heterocycles. The van der Waals surface area contributed by atoms with Crippen LogP contribution in [0, 0.1) is 0 Å². The van der Waals surface area contributed by atoms with Gasteiger partial charge >= 0.3 is 0 Å². The third kappa shape index (κ3) is 3.93. The van der Waals surface area contributed by atoms with Crippen LogP contribution >= 0.6 is 0 Å². The molecule has 0 aliphatic heterocycles. The molecule has 0 saturated carbocycles. The molecule has 3 heteroatoms. The Hall–Kier alpha value is -1.51. The Morgan fingerprint density at radius 3 is 2.50 bits per heavy atom. The highest BCUT2D eigenvalue weighted by molar-refractivity contribution is 5.94. The fraction of sp³-hybridized carbons (Fsp3) is 0.462. The largest absolute Gasteiger partial charge is 0.491 e. The van der Waals surface area contributed by atoms with Crippen molar-refractivity contribution in [2.45, 2.75) is 39.8 Å². The maximum Gasteiger partial charge on any atom is 0.251 e. The lowest BCUT2D eigenvalue weighted by molar-refractivity contribution is 0.0942. The highest BCUT2D eigenvalue weighted by atomic mass is 16.5. The number of ether oxygens (including phenoxy) is 1. The quantitative estimate of drug-likeness (QED) is 0.848. The van der Waals surface area contributed by atoms with Gasteiger partial charge in [0.15, 0.2) is 0 Å². The van der Waals surface area contributed by atoms with Crippen LogP contribution in [-0.4, -0.2) is 18.1 Å². The van der Waals surface area contributed by atoms with Gasteiger partial charge < -0.3 is 10.1 Å². The van der Waals surface area contributed by atoms with Gasteiger partial charge in [0.1, 0.15) is 5.75 Å². The van der Waals surface area contributed by atoms with E-state index in [1.807, 2.05) is 39.8 Å². The monoisotopic (exact) mass is 221 g/mol. The van der Waals surface area contributed by atoms with Crippen LogP contribution in [0.4, 0.5) is 0 Å². The average molecular weight is 221 g/mol. The van der Waals surface area contributed by atoms with Gasteiger partial charge in [0.05, 0.1) is 6.10 Å². The Kier molecular flexibility index (Phi) is 4.35. The van der Waals surface area contributed by atoms with Crippen molar-refractivity contribution < 1.29 is 9.53 Å². The Labute approximate surface area is 96.8 Å². The zero-order valence-electron chi connectivity index (χ0n) is 10.3. The number of hydrogen-bond donors (Lipinski definition) is 1. The lowest BCUT2D eigenvalue weighted by Crippen LogP contribution is -2.30. The molecule has 0 unspecified atom stereocenters. The summed E-state index contributed by atoms with van der Waals surface area (Å²) in [5.74, 6) is 0.663. The van der Waals surface area contributed by atoms with Gasteiger partial charge in [0, 0.05) is 11.6 Å². The number of rotatable bonds is 4. The van der Waals surface area contributed by atoms with Crippen molar-refractivity contribution in [2.24, 2.45) is 0 Å². The first-order valence-electron chi connectivity index (χ1n) is 5.56. The predicted molar refractivity (Wildman–Crippen MR) is 64.8 cm³/mol. The number of carbonyl (C=O) groups is 1. The summed E-state index contributed by atoms with van der Waals surface area (Å²) in [7, 11) is 0. The molecule has 0 atom stereocenters. The molecule has 3 nitrogen and oxygen atoms in total. The second-order valence-electron chi connectivity index (χ2n) is 4.32. The topological polar surface area (TPSA) is 38.3 Å². The fourth-order valence-electron chi connectivity index (χ4n) is 1.33. The molecule has 0 spiro atoms. The van der Waals surface area contributed by atoms with E-state index in [4.69, 9.17) is 4.74 Å². The van der Waals surface area contributed by atoms with Gasteiger partial charge in [-0.25, -0.2) is 0 Å². The lowest BCUT2D eigenvalue weighted by Gasteiger charge is -2.12. The number of benzene rings is 1. The van der Waals surface area contributed by atoms with Gasteiger partial charge in [-0.3, -0.25) is 4.79 Å². The second-order valence-corrected chi connectivity index (χ2v) is 4.32. The Morgan fingerprint density at radius 2 is 1.94 bits per heavy atom. The second kappa shape index (κ2) is 5.54. The highest BCUT2D eigenvalue weighted by Gasteiger charge is 2.08. The zero-order chi connectivity index (χ0) is 12.1. The van der Waals surface area contributed by atoms with E-state index < -0.39 is 0 Å². The Morgan fingerprint density at radius 1 is 1.25 bits per heavy atom. The molecule has 88 valence electrons. The molecule has 0 radical (unpaired) electrons. The van der Waals surface area contributed by atoms with E-state index in [1.54, 1.807) is 12.1 Å². The van der Waals surface area contributed by atoms with Crippen molar-refractivity contribution in [1.29, 1.82) is 0 Å². The molecule has 1 rings (SSSR count). The van der Waals surface area contributed by atoms with Gasteiger partial charge in [-0.05, 0) is 45.9 Å². The van der Waals surface area contributed by atoms with Crippen molar-refractivity contribution >= 4 is 5.91 Å². The van der Waals surface area contributed by atoms with Crippen LogP contribution in [0.2, 0.25) is 0 Å². The van der Waals surface area contributed by atoms with Crippen molar-refractivity contribution in [3.8, 4) is 5.75 Å². The molecule has 0 aromatic heterocycles. The number of amides is 1. The molecule has 0 aliphatic carbocycles. The van der Waals surface area contributed by atoms with E-state index in [9.17, 15) is 4.79 Å². The van der Waals surface area contributed by atoms with E-state index in [1.165, 1.54) is 0 Å².